The number of likely N-dealkylation sites (N-methyl/N-ethyl adjacent to an activating group) is 1. The molecule has 0 aliphatic carbocycles. The second-order valence-electron chi connectivity index (χ2n) is 5.09. The summed E-state index contributed by atoms with van der Waals surface area (Å²) >= 11 is 0. The molecule has 0 radical (unpaired) electrons. The fourth-order valence-corrected chi connectivity index (χ4v) is 1.93. The Morgan fingerprint density at radius 2 is 1.38 bits per heavy atom. The van der Waals surface area contributed by atoms with Gasteiger partial charge in [-0.1, -0.05) is 27.7 Å². The average Bonchev–Trinajstić information content (AvgIpc) is 2.03. The lowest BCUT2D eigenvalue weighted by Gasteiger charge is -2.40. The monoisotopic (exact) mass is 184 g/mol. The van der Waals surface area contributed by atoms with Crippen LogP contribution in [0.3, 0.4) is 0 Å². The molecular formula is C11H24N2. The fourth-order valence-electron chi connectivity index (χ4n) is 1.93. The summed E-state index contributed by atoms with van der Waals surface area (Å²) in [4.78, 5) is 2.45. The third-order valence-electron chi connectivity index (χ3n) is 3.05. The molecule has 1 N–H and O–H groups in total. The average molecular weight is 184 g/mol. The van der Waals surface area contributed by atoms with E-state index < -0.39 is 0 Å². The molecule has 1 saturated heterocycles. The molecule has 0 bridgehead atoms. The summed E-state index contributed by atoms with van der Waals surface area (Å²) in [6.07, 6.45) is 0. The van der Waals surface area contributed by atoms with E-state index in [1.807, 2.05) is 0 Å². The van der Waals surface area contributed by atoms with Crippen LogP contribution >= 0.6 is 0 Å². The topological polar surface area (TPSA) is 15.3 Å². The van der Waals surface area contributed by atoms with Crippen molar-refractivity contribution >= 4 is 0 Å². The van der Waals surface area contributed by atoms with Crippen molar-refractivity contribution in [2.24, 2.45) is 11.8 Å². The van der Waals surface area contributed by atoms with E-state index in [0.717, 1.165) is 11.8 Å². The first kappa shape index (κ1) is 11.0. The number of nitrogens with zero attached hydrogens (tertiary/aromatic N) is 1. The molecule has 0 aromatic heterocycles. The molecule has 0 amide bonds. The van der Waals surface area contributed by atoms with Gasteiger partial charge < -0.3 is 10.2 Å². The van der Waals surface area contributed by atoms with Crippen molar-refractivity contribution < 1.29 is 0 Å². The van der Waals surface area contributed by atoms with Crippen LogP contribution in [0, 0.1) is 11.8 Å². The van der Waals surface area contributed by atoms with E-state index in [-0.39, 0.29) is 0 Å². The van der Waals surface area contributed by atoms with Gasteiger partial charge in [0.2, 0.25) is 0 Å². The minimum absolute atomic E-state index is 0.672. The SMILES string of the molecule is CC(C)C1CN(C)CC(C(C)C)N1. The molecule has 1 aliphatic heterocycles. The zero-order chi connectivity index (χ0) is 10.0. The Morgan fingerprint density at radius 3 is 1.69 bits per heavy atom. The summed E-state index contributed by atoms with van der Waals surface area (Å²) in [5, 5.41) is 3.74. The molecule has 0 aromatic carbocycles. The highest BCUT2D eigenvalue weighted by Gasteiger charge is 2.27. The van der Waals surface area contributed by atoms with Gasteiger partial charge in [0.15, 0.2) is 0 Å². The van der Waals surface area contributed by atoms with Gasteiger partial charge in [0.05, 0.1) is 0 Å². The Kier molecular flexibility index (Phi) is 3.74. The minimum Gasteiger partial charge on any atom is -0.308 e. The molecule has 1 rings (SSSR count). The van der Waals surface area contributed by atoms with E-state index in [1.165, 1.54) is 13.1 Å². The Labute approximate surface area is 82.7 Å². The molecular weight excluding hydrogens is 160 g/mol. The summed E-state index contributed by atoms with van der Waals surface area (Å²) in [5.74, 6) is 1.48. The second-order valence-corrected chi connectivity index (χ2v) is 5.09. The normalized spacial score (nSPS) is 31.6. The Balaban J connectivity index is 2.52. The lowest BCUT2D eigenvalue weighted by atomic mass is 9.95. The zero-order valence-corrected chi connectivity index (χ0v) is 9.67. The van der Waals surface area contributed by atoms with Crippen molar-refractivity contribution in [3.8, 4) is 0 Å². The molecule has 0 saturated carbocycles. The van der Waals surface area contributed by atoms with Gasteiger partial charge >= 0.3 is 0 Å². The van der Waals surface area contributed by atoms with Crippen LogP contribution in [0.5, 0.6) is 0 Å². The van der Waals surface area contributed by atoms with Gasteiger partial charge in [-0.2, -0.15) is 0 Å². The maximum atomic E-state index is 3.74. The molecule has 0 spiro atoms. The zero-order valence-electron chi connectivity index (χ0n) is 9.67. The molecule has 2 heteroatoms. The van der Waals surface area contributed by atoms with Crippen LogP contribution in [0.4, 0.5) is 0 Å². The van der Waals surface area contributed by atoms with Crippen molar-refractivity contribution in [1.29, 1.82) is 0 Å². The summed E-state index contributed by atoms with van der Waals surface area (Å²) < 4.78 is 0. The van der Waals surface area contributed by atoms with E-state index >= 15 is 0 Å². The van der Waals surface area contributed by atoms with Crippen molar-refractivity contribution in [3.63, 3.8) is 0 Å². The number of nitrogens with one attached hydrogen (secondary N) is 1. The molecule has 13 heavy (non-hydrogen) atoms. The minimum atomic E-state index is 0.672. The molecule has 2 nitrogen and oxygen atoms in total. The van der Waals surface area contributed by atoms with Crippen LogP contribution < -0.4 is 5.32 Å². The number of rotatable bonds is 2. The van der Waals surface area contributed by atoms with Crippen molar-refractivity contribution in [1.82, 2.24) is 10.2 Å². The smallest absolute Gasteiger partial charge is 0.0221 e. The quantitative estimate of drug-likeness (QED) is 0.701. The summed E-state index contributed by atoms with van der Waals surface area (Å²) in [5.41, 5.74) is 0. The molecule has 1 fully saturated rings. The first-order chi connectivity index (χ1) is 6.00. The Bertz CT molecular complexity index is 138. The van der Waals surface area contributed by atoms with Crippen LogP contribution in [-0.2, 0) is 0 Å². The van der Waals surface area contributed by atoms with Gasteiger partial charge in [0.25, 0.3) is 0 Å². The Hall–Kier alpha value is -0.0800. The largest absolute Gasteiger partial charge is 0.308 e. The van der Waals surface area contributed by atoms with Gasteiger partial charge in [-0.25, -0.2) is 0 Å². The maximum Gasteiger partial charge on any atom is 0.0221 e. The van der Waals surface area contributed by atoms with Crippen LogP contribution in [0.1, 0.15) is 27.7 Å². The van der Waals surface area contributed by atoms with E-state index in [1.54, 1.807) is 0 Å². The predicted molar refractivity (Wildman–Crippen MR) is 57.9 cm³/mol. The van der Waals surface area contributed by atoms with E-state index in [9.17, 15) is 0 Å². The van der Waals surface area contributed by atoms with E-state index in [4.69, 9.17) is 0 Å². The van der Waals surface area contributed by atoms with Crippen molar-refractivity contribution in [2.75, 3.05) is 20.1 Å². The van der Waals surface area contributed by atoms with Crippen LogP contribution in [0.15, 0.2) is 0 Å². The molecule has 0 aromatic rings. The lowest BCUT2D eigenvalue weighted by molar-refractivity contribution is 0.142. The lowest BCUT2D eigenvalue weighted by Crippen LogP contribution is -2.58. The Morgan fingerprint density at radius 1 is 1.00 bits per heavy atom. The van der Waals surface area contributed by atoms with Gasteiger partial charge in [-0.05, 0) is 18.9 Å². The number of piperazine rings is 1. The third-order valence-corrected chi connectivity index (χ3v) is 3.05. The van der Waals surface area contributed by atoms with Crippen LogP contribution in [0.2, 0.25) is 0 Å². The van der Waals surface area contributed by atoms with Gasteiger partial charge in [0.1, 0.15) is 0 Å². The molecule has 78 valence electrons. The second kappa shape index (κ2) is 4.43. The van der Waals surface area contributed by atoms with Crippen molar-refractivity contribution in [3.05, 3.63) is 0 Å². The van der Waals surface area contributed by atoms with Gasteiger partial charge in [-0.3, -0.25) is 0 Å². The van der Waals surface area contributed by atoms with Crippen molar-refractivity contribution in [2.45, 2.75) is 39.8 Å². The van der Waals surface area contributed by atoms with Crippen LogP contribution in [0.25, 0.3) is 0 Å². The summed E-state index contributed by atoms with van der Waals surface area (Å²) in [7, 11) is 2.23. The predicted octanol–water partition coefficient (Wildman–Crippen LogP) is 1.57. The third kappa shape index (κ3) is 2.96. The van der Waals surface area contributed by atoms with E-state index in [2.05, 4.69) is 45.0 Å². The highest BCUT2D eigenvalue weighted by molar-refractivity contribution is 4.87. The molecule has 2 atom stereocenters. The van der Waals surface area contributed by atoms with Crippen LogP contribution in [-0.4, -0.2) is 37.1 Å². The van der Waals surface area contributed by atoms with Gasteiger partial charge in [-0.15, -0.1) is 0 Å². The first-order valence-corrected chi connectivity index (χ1v) is 5.45. The summed E-state index contributed by atoms with van der Waals surface area (Å²) in [6, 6.07) is 1.34. The standard InChI is InChI=1S/C11H24N2/c1-8(2)10-6-13(5)7-11(12-10)9(3)4/h8-12H,6-7H2,1-5H3. The van der Waals surface area contributed by atoms with E-state index in [0.29, 0.717) is 12.1 Å². The highest BCUT2D eigenvalue weighted by Crippen LogP contribution is 2.14. The molecule has 2 unspecified atom stereocenters. The highest BCUT2D eigenvalue weighted by atomic mass is 15.2. The molecule has 1 aliphatic rings. The maximum absolute atomic E-state index is 3.74. The number of hydrogen-bond donors (Lipinski definition) is 1. The van der Waals surface area contributed by atoms with Gasteiger partial charge in [0, 0.05) is 25.2 Å². The fraction of sp³-hybridized carbons (Fsp3) is 1.00. The summed E-state index contributed by atoms with van der Waals surface area (Å²) in [6.45, 7) is 11.6. The first-order valence-electron chi connectivity index (χ1n) is 5.45. The number of hydrogen-bond acceptors (Lipinski definition) is 2. The molecule has 1 heterocycles.